The maximum Gasteiger partial charge on any atom is 0.269 e. The van der Waals surface area contributed by atoms with Gasteiger partial charge in [-0.05, 0) is 64.3 Å². The van der Waals surface area contributed by atoms with E-state index in [2.05, 4.69) is 21.2 Å². The SMILES string of the molecule is COc1cc(/C=C(\C#N)C(=O)Nc2ccc(C)cc2)cc(Br)c1OCc1cccc([N+](=O)[O-])c1. The van der Waals surface area contributed by atoms with Crippen LogP contribution in [0.4, 0.5) is 11.4 Å². The van der Waals surface area contributed by atoms with Crippen molar-refractivity contribution in [2.24, 2.45) is 0 Å². The van der Waals surface area contributed by atoms with E-state index in [-0.39, 0.29) is 17.9 Å². The zero-order valence-electron chi connectivity index (χ0n) is 18.4. The van der Waals surface area contributed by atoms with E-state index in [1.54, 1.807) is 36.4 Å². The average molecular weight is 522 g/mol. The lowest BCUT2D eigenvalue weighted by Gasteiger charge is -2.14. The summed E-state index contributed by atoms with van der Waals surface area (Å²) in [7, 11) is 1.46. The van der Waals surface area contributed by atoms with Crippen molar-refractivity contribution in [2.75, 3.05) is 12.4 Å². The summed E-state index contributed by atoms with van der Waals surface area (Å²) >= 11 is 3.43. The summed E-state index contributed by atoms with van der Waals surface area (Å²) in [6, 6.07) is 18.6. The van der Waals surface area contributed by atoms with Crippen molar-refractivity contribution in [1.82, 2.24) is 0 Å². The van der Waals surface area contributed by atoms with Gasteiger partial charge in [0.25, 0.3) is 11.6 Å². The second kappa shape index (κ2) is 11.1. The van der Waals surface area contributed by atoms with Gasteiger partial charge >= 0.3 is 0 Å². The molecule has 3 aromatic rings. The topological polar surface area (TPSA) is 114 Å². The Kier molecular flexibility index (Phi) is 8.01. The standard InChI is InChI=1S/C25H20BrN3O5/c1-16-6-8-20(9-7-16)28-25(30)19(14-27)10-18-12-22(26)24(23(13-18)33-2)34-15-17-4-3-5-21(11-17)29(31)32/h3-13H,15H2,1-2H3,(H,28,30)/b19-10+. The Labute approximate surface area is 204 Å². The molecule has 172 valence electrons. The molecule has 1 N–H and O–H groups in total. The number of non-ortho nitro benzene ring substituents is 1. The molecule has 9 heteroatoms. The van der Waals surface area contributed by atoms with Crippen LogP contribution in [0.5, 0.6) is 11.5 Å². The molecule has 0 spiro atoms. The molecule has 0 unspecified atom stereocenters. The Morgan fingerprint density at radius 2 is 1.94 bits per heavy atom. The highest BCUT2D eigenvalue weighted by Gasteiger charge is 2.15. The third-order valence-electron chi connectivity index (χ3n) is 4.74. The van der Waals surface area contributed by atoms with E-state index in [1.165, 1.54) is 25.3 Å². The first-order chi connectivity index (χ1) is 16.3. The van der Waals surface area contributed by atoms with Crippen molar-refractivity contribution in [3.8, 4) is 17.6 Å². The quantitative estimate of drug-likeness (QED) is 0.173. The summed E-state index contributed by atoms with van der Waals surface area (Å²) in [4.78, 5) is 23.1. The molecule has 0 atom stereocenters. The minimum Gasteiger partial charge on any atom is -0.493 e. The molecule has 0 saturated heterocycles. The lowest BCUT2D eigenvalue weighted by Crippen LogP contribution is -2.13. The predicted octanol–water partition coefficient (Wildman–Crippen LogP) is 5.80. The van der Waals surface area contributed by atoms with E-state index in [0.29, 0.717) is 32.8 Å². The number of ether oxygens (including phenoxy) is 2. The van der Waals surface area contributed by atoms with Crippen molar-refractivity contribution < 1.29 is 19.2 Å². The van der Waals surface area contributed by atoms with E-state index >= 15 is 0 Å². The maximum absolute atomic E-state index is 12.6. The number of carbonyl (C=O) groups is 1. The van der Waals surface area contributed by atoms with E-state index in [9.17, 15) is 20.2 Å². The molecular weight excluding hydrogens is 502 g/mol. The highest BCUT2D eigenvalue weighted by atomic mass is 79.9. The van der Waals surface area contributed by atoms with Gasteiger partial charge in [-0.2, -0.15) is 5.26 Å². The molecular formula is C25H20BrN3O5. The lowest BCUT2D eigenvalue weighted by molar-refractivity contribution is -0.384. The van der Waals surface area contributed by atoms with Gasteiger partial charge in [0, 0.05) is 17.8 Å². The zero-order chi connectivity index (χ0) is 24.7. The molecule has 34 heavy (non-hydrogen) atoms. The lowest BCUT2D eigenvalue weighted by atomic mass is 10.1. The number of nitro benzene ring substituents is 1. The summed E-state index contributed by atoms with van der Waals surface area (Å²) in [6.45, 7) is 2.02. The van der Waals surface area contributed by atoms with Gasteiger partial charge in [0.05, 0.1) is 16.5 Å². The number of benzene rings is 3. The van der Waals surface area contributed by atoms with E-state index in [0.717, 1.165) is 5.56 Å². The van der Waals surface area contributed by atoms with Crippen LogP contribution in [-0.2, 0) is 11.4 Å². The van der Waals surface area contributed by atoms with Gasteiger partial charge in [0.1, 0.15) is 18.2 Å². The molecule has 1 amide bonds. The van der Waals surface area contributed by atoms with Crippen molar-refractivity contribution >= 4 is 39.3 Å². The maximum atomic E-state index is 12.6. The third-order valence-corrected chi connectivity index (χ3v) is 5.33. The van der Waals surface area contributed by atoms with Crippen LogP contribution in [0, 0.1) is 28.4 Å². The monoisotopic (exact) mass is 521 g/mol. The fourth-order valence-corrected chi connectivity index (χ4v) is 3.60. The number of rotatable bonds is 8. The highest BCUT2D eigenvalue weighted by molar-refractivity contribution is 9.10. The van der Waals surface area contributed by atoms with Crippen LogP contribution in [0.25, 0.3) is 6.08 Å². The number of nitrogens with one attached hydrogen (secondary N) is 1. The Hall–Kier alpha value is -4.16. The number of aryl methyl sites for hydroxylation is 1. The molecule has 0 aromatic heterocycles. The van der Waals surface area contributed by atoms with Gasteiger partial charge in [-0.1, -0.05) is 29.8 Å². The van der Waals surface area contributed by atoms with Crippen LogP contribution in [0.2, 0.25) is 0 Å². The molecule has 8 nitrogen and oxygen atoms in total. The number of amides is 1. The van der Waals surface area contributed by atoms with Gasteiger partial charge in [0.2, 0.25) is 0 Å². The number of methoxy groups -OCH3 is 1. The smallest absolute Gasteiger partial charge is 0.269 e. The molecule has 0 fully saturated rings. The van der Waals surface area contributed by atoms with Crippen LogP contribution in [0.3, 0.4) is 0 Å². The van der Waals surface area contributed by atoms with Gasteiger partial charge in [-0.15, -0.1) is 0 Å². The minimum absolute atomic E-state index is 0.0273. The van der Waals surface area contributed by atoms with Crippen molar-refractivity contribution in [1.29, 1.82) is 5.26 Å². The fraction of sp³-hybridized carbons (Fsp3) is 0.120. The summed E-state index contributed by atoms with van der Waals surface area (Å²) < 4.78 is 11.8. The third kappa shape index (κ3) is 6.21. The summed E-state index contributed by atoms with van der Waals surface area (Å²) in [5.41, 5.74) is 2.69. The Bertz CT molecular complexity index is 1300. The molecule has 0 bridgehead atoms. The van der Waals surface area contributed by atoms with Crippen molar-refractivity contribution in [2.45, 2.75) is 13.5 Å². The van der Waals surface area contributed by atoms with Crippen LogP contribution in [0.1, 0.15) is 16.7 Å². The second-order valence-electron chi connectivity index (χ2n) is 7.24. The van der Waals surface area contributed by atoms with Crippen LogP contribution >= 0.6 is 15.9 Å². The number of anilines is 1. The fourth-order valence-electron chi connectivity index (χ4n) is 3.03. The predicted molar refractivity (Wildman–Crippen MR) is 132 cm³/mol. The Morgan fingerprint density at radius 3 is 2.59 bits per heavy atom. The molecule has 0 radical (unpaired) electrons. The number of halogens is 1. The molecule has 0 heterocycles. The molecule has 0 aliphatic carbocycles. The van der Waals surface area contributed by atoms with Gasteiger partial charge in [0.15, 0.2) is 11.5 Å². The molecule has 0 aliphatic rings. The first-order valence-corrected chi connectivity index (χ1v) is 10.8. The van der Waals surface area contributed by atoms with Gasteiger partial charge in [-0.25, -0.2) is 0 Å². The summed E-state index contributed by atoms with van der Waals surface area (Å²) in [5.74, 6) is 0.212. The molecule has 0 saturated carbocycles. The highest BCUT2D eigenvalue weighted by Crippen LogP contribution is 2.38. The normalized spacial score (nSPS) is 10.8. The summed E-state index contributed by atoms with van der Waals surface area (Å²) in [6.07, 6.45) is 1.45. The molecule has 3 rings (SSSR count). The Morgan fingerprint density at radius 1 is 1.21 bits per heavy atom. The average Bonchev–Trinajstić information content (AvgIpc) is 2.83. The van der Waals surface area contributed by atoms with Crippen molar-refractivity contribution in [3.63, 3.8) is 0 Å². The van der Waals surface area contributed by atoms with E-state index < -0.39 is 10.8 Å². The number of nitrogens with zero attached hydrogens (tertiary/aromatic N) is 2. The largest absolute Gasteiger partial charge is 0.493 e. The molecule has 3 aromatic carbocycles. The van der Waals surface area contributed by atoms with Crippen molar-refractivity contribution in [3.05, 3.63) is 97.5 Å². The zero-order valence-corrected chi connectivity index (χ0v) is 20.0. The van der Waals surface area contributed by atoms with Gasteiger partial charge in [-0.3, -0.25) is 14.9 Å². The minimum atomic E-state index is -0.535. The Balaban J connectivity index is 1.81. The van der Waals surface area contributed by atoms with Gasteiger partial charge < -0.3 is 14.8 Å². The first-order valence-electron chi connectivity index (χ1n) is 10.0. The number of hydrogen-bond donors (Lipinski definition) is 1. The number of nitro groups is 1. The van der Waals surface area contributed by atoms with Crippen LogP contribution in [0.15, 0.2) is 70.7 Å². The molecule has 0 aliphatic heterocycles. The van der Waals surface area contributed by atoms with Crippen LogP contribution in [-0.4, -0.2) is 17.9 Å². The summed E-state index contributed by atoms with van der Waals surface area (Å²) in [5, 5.41) is 23.2. The number of nitriles is 1. The van der Waals surface area contributed by atoms with E-state index in [1.807, 2.05) is 25.1 Å². The van der Waals surface area contributed by atoms with Crippen LogP contribution < -0.4 is 14.8 Å². The second-order valence-corrected chi connectivity index (χ2v) is 8.09. The number of carbonyl (C=O) groups excluding carboxylic acids is 1. The first kappa shape index (κ1) is 24.5. The number of hydrogen-bond acceptors (Lipinski definition) is 6. The van der Waals surface area contributed by atoms with E-state index in [4.69, 9.17) is 9.47 Å².